The summed E-state index contributed by atoms with van der Waals surface area (Å²) in [5.41, 5.74) is 0. The number of halogens is 3. The van der Waals surface area contributed by atoms with E-state index < -0.39 is 12.3 Å². The molecule has 0 saturated heterocycles. The van der Waals surface area contributed by atoms with E-state index in [9.17, 15) is 18.0 Å². The zero-order chi connectivity index (χ0) is 10.5. The van der Waals surface area contributed by atoms with Crippen molar-refractivity contribution < 1.29 is 18.0 Å². The molecule has 6 heteroatoms. The molecule has 2 amide bonds. The predicted octanol–water partition coefficient (Wildman–Crippen LogP) is 1.95. The van der Waals surface area contributed by atoms with Gasteiger partial charge in [0.1, 0.15) is 0 Å². The van der Waals surface area contributed by atoms with Crippen LogP contribution in [0.4, 0.5) is 18.0 Å². The van der Waals surface area contributed by atoms with Crippen LogP contribution in [-0.4, -0.2) is 30.8 Å². The minimum absolute atomic E-state index is 0.332. The van der Waals surface area contributed by atoms with Crippen LogP contribution in [-0.2, 0) is 0 Å². The van der Waals surface area contributed by atoms with E-state index in [4.69, 9.17) is 0 Å². The lowest BCUT2D eigenvalue weighted by Gasteiger charge is -2.18. The summed E-state index contributed by atoms with van der Waals surface area (Å²) in [7, 11) is 1.33. The number of alkyl halides is 3. The highest BCUT2D eigenvalue weighted by Crippen LogP contribution is 2.09. The third-order valence-electron chi connectivity index (χ3n) is 1.44. The van der Waals surface area contributed by atoms with E-state index in [1.165, 1.54) is 7.05 Å². The molecule has 0 atom stereocenters. The third kappa shape index (κ3) is 6.24. The number of unbranched alkanes of at least 4 members (excludes halogenated alkanes) is 1. The summed E-state index contributed by atoms with van der Waals surface area (Å²) in [4.78, 5) is 11.8. The fraction of sp³-hybridized carbons (Fsp3) is 0.857. The average molecular weight is 198 g/mol. The van der Waals surface area contributed by atoms with Crippen molar-refractivity contribution in [3.8, 4) is 0 Å². The van der Waals surface area contributed by atoms with Crippen molar-refractivity contribution in [3.05, 3.63) is 0 Å². The molecule has 0 aromatic carbocycles. The lowest BCUT2D eigenvalue weighted by atomic mass is 10.3. The number of amides is 2. The predicted molar refractivity (Wildman–Crippen MR) is 42.1 cm³/mol. The molecule has 0 spiro atoms. The monoisotopic (exact) mass is 198 g/mol. The Labute approximate surface area is 74.9 Å². The number of carbonyl (C=O) groups is 1. The van der Waals surface area contributed by atoms with Crippen LogP contribution in [0.5, 0.6) is 0 Å². The summed E-state index contributed by atoms with van der Waals surface area (Å²) in [5, 5.41) is 0.915. The normalized spacial score (nSPS) is 11.2. The molecule has 3 nitrogen and oxygen atoms in total. The molecule has 0 saturated carbocycles. The van der Waals surface area contributed by atoms with Gasteiger partial charge in [-0.15, -0.1) is 0 Å². The maximum absolute atomic E-state index is 11.6. The van der Waals surface area contributed by atoms with E-state index in [1.54, 1.807) is 0 Å². The Kier molecular flexibility index (Phi) is 4.58. The fourth-order valence-electron chi connectivity index (χ4n) is 0.714. The van der Waals surface area contributed by atoms with Crippen molar-refractivity contribution >= 4 is 6.03 Å². The molecule has 0 aromatic heterocycles. The van der Waals surface area contributed by atoms with E-state index in [1.807, 2.05) is 6.92 Å². The molecule has 0 heterocycles. The Hall–Kier alpha value is -0.940. The number of nitrogens with zero attached hydrogens (tertiary/aromatic N) is 1. The van der Waals surface area contributed by atoms with Gasteiger partial charge in [0.05, 0.1) is 0 Å². The van der Waals surface area contributed by atoms with E-state index in [0.29, 0.717) is 13.0 Å². The molecule has 0 fully saturated rings. The van der Waals surface area contributed by atoms with Gasteiger partial charge in [-0.05, 0) is 6.42 Å². The topological polar surface area (TPSA) is 32.3 Å². The lowest BCUT2D eigenvalue weighted by Crippen LogP contribution is -2.45. The Balaban J connectivity index is 3.83. The third-order valence-corrected chi connectivity index (χ3v) is 1.44. The van der Waals surface area contributed by atoms with E-state index in [-0.39, 0.29) is 0 Å². The van der Waals surface area contributed by atoms with E-state index >= 15 is 0 Å². The summed E-state index contributed by atoms with van der Waals surface area (Å²) in [6, 6.07) is -1.11. The van der Waals surface area contributed by atoms with Gasteiger partial charge in [0, 0.05) is 13.6 Å². The Morgan fingerprint density at radius 2 is 2.00 bits per heavy atom. The van der Waals surface area contributed by atoms with Crippen LogP contribution in [0, 0.1) is 0 Å². The number of hydrogen-bond acceptors (Lipinski definition) is 1. The second-order valence-electron chi connectivity index (χ2n) is 2.70. The fourth-order valence-corrected chi connectivity index (χ4v) is 0.714. The van der Waals surface area contributed by atoms with Crippen molar-refractivity contribution in [1.82, 2.24) is 10.2 Å². The lowest BCUT2D eigenvalue weighted by molar-refractivity contribution is -0.147. The van der Waals surface area contributed by atoms with Crippen molar-refractivity contribution in [2.24, 2.45) is 0 Å². The molecule has 0 aliphatic rings. The molecular weight excluding hydrogens is 185 g/mol. The summed E-state index contributed by atoms with van der Waals surface area (Å²) >= 11 is 0. The zero-order valence-corrected chi connectivity index (χ0v) is 7.61. The van der Waals surface area contributed by atoms with E-state index in [2.05, 4.69) is 0 Å². The number of nitrogens with one attached hydrogen (secondary N) is 1. The largest absolute Gasteiger partial charge is 0.485 e. The smallest absolute Gasteiger partial charge is 0.328 e. The van der Waals surface area contributed by atoms with Gasteiger partial charge < -0.3 is 4.90 Å². The number of rotatable bonds is 3. The maximum atomic E-state index is 11.6. The average Bonchev–Trinajstić information content (AvgIpc) is 1.96. The number of hydrogen-bond donors (Lipinski definition) is 1. The molecule has 0 aromatic rings. The van der Waals surface area contributed by atoms with Crippen LogP contribution < -0.4 is 5.32 Å². The molecule has 0 aliphatic carbocycles. The SMILES string of the molecule is CCCCN(C)C(=O)NC(F)(F)F. The van der Waals surface area contributed by atoms with Gasteiger partial charge in [0.15, 0.2) is 0 Å². The Morgan fingerprint density at radius 3 is 2.38 bits per heavy atom. The van der Waals surface area contributed by atoms with Crippen LogP contribution in [0.3, 0.4) is 0 Å². The van der Waals surface area contributed by atoms with Gasteiger partial charge in [0.2, 0.25) is 0 Å². The Bertz CT molecular complexity index is 170. The maximum Gasteiger partial charge on any atom is 0.485 e. The second kappa shape index (κ2) is 4.94. The quantitative estimate of drug-likeness (QED) is 0.690. The van der Waals surface area contributed by atoms with Gasteiger partial charge in [-0.3, -0.25) is 0 Å². The van der Waals surface area contributed by atoms with Gasteiger partial charge in [-0.2, -0.15) is 13.2 Å². The van der Waals surface area contributed by atoms with E-state index in [0.717, 1.165) is 16.6 Å². The second-order valence-corrected chi connectivity index (χ2v) is 2.70. The summed E-state index contributed by atoms with van der Waals surface area (Å²) in [6.07, 6.45) is -3.11. The van der Waals surface area contributed by atoms with Crippen LogP contribution in [0.25, 0.3) is 0 Å². The first-order valence-corrected chi connectivity index (χ1v) is 3.97. The zero-order valence-electron chi connectivity index (χ0n) is 7.61. The first-order chi connectivity index (χ1) is 5.87. The molecule has 0 rings (SSSR count). The standard InChI is InChI=1S/C7H13F3N2O/c1-3-4-5-12(2)6(13)11-7(8,9)10/h3-5H2,1-2H3,(H,11,13). The minimum Gasteiger partial charge on any atom is -0.328 e. The Morgan fingerprint density at radius 1 is 1.46 bits per heavy atom. The van der Waals surface area contributed by atoms with Gasteiger partial charge in [-0.1, -0.05) is 13.3 Å². The first kappa shape index (κ1) is 12.1. The number of carbonyl (C=O) groups excluding carboxylic acids is 1. The molecule has 1 N–H and O–H groups in total. The number of urea groups is 1. The van der Waals surface area contributed by atoms with Crippen LogP contribution in [0.2, 0.25) is 0 Å². The van der Waals surface area contributed by atoms with Crippen molar-refractivity contribution in [1.29, 1.82) is 0 Å². The molecule has 78 valence electrons. The molecule has 0 radical (unpaired) electrons. The van der Waals surface area contributed by atoms with Gasteiger partial charge in [0.25, 0.3) is 0 Å². The first-order valence-electron chi connectivity index (χ1n) is 3.97. The molecule has 0 bridgehead atoms. The van der Waals surface area contributed by atoms with Crippen LogP contribution >= 0.6 is 0 Å². The van der Waals surface area contributed by atoms with Crippen molar-refractivity contribution in [2.45, 2.75) is 26.1 Å². The highest BCUT2D eigenvalue weighted by atomic mass is 19.4. The molecular formula is C7H13F3N2O. The summed E-state index contributed by atoms with van der Waals surface area (Å²) < 4.78 is 34.9. The minimum atomic E-state index is -4.64. The summed E-state index contributed by atoms with van der Waals surface area (Å²) in [6.45, 7) is 2.23. The van der Waals surface area contributed by atoms with Crippen molar-refractivity contribution in [2.75, 3.05) is 13.6 Å². The highest BCUT2D eigenvalue weighted by molar-refractivity contribution is 5.74. The van der Waals surface area contributed by atoms with Crippen molar-refractivity contribution in [3.63, 3.8) is 0 Å². The molecule has 0 unspecified atom stereocenters. The highest BCUT2D eigenvalue weighted by Gasteiger charge is 2.31. The van der Waals surface area contributed by atoms with Gasteiger partial charge >= 0.3 is 12.3 Å². The van der Waals surface area contributed by atoms with Gasteiger partial charge in [-0.25, -0.2) is 10.1 Å². The van der Waals surface area contributed by atoms with Crippen LogP contribution in [0.15, 0.2) is 0 Å². The summed E-state index contributed by atoms with van der Waals surface area (Å²) in [5.74, 6) is 0. The molecule has 0 aliphatic heterocycles. The van der Waals surface area contributed by atoms with Crippen LogP contribution in [0.1, 0.15) is 19.8 Å². The molecule has 13 heavy (non-hydrogen) atoms.